The van der Waals surface area contributed by atoms with Crippen molar-refractivity contribution in [1.29, 1.82) is 0 Å². The van der Waals surface area contributed by atoms with Crippen molar-refractivity contribution >= 4 is 5.97 Å². The third-order valence-electron chi connectivity index (χ3n) is 6.64. The molecule has 0 bridgehead atoms. The Bertz CT molecular complexity index is 922. The molecule has 2 aromatic rings. The number of carbonyl (C=O) groups excluding carboxylic acids is 1. The monoisotopic (exact) mass is 488 g/mol. The van der Waals surface area contributed by atoms with Gasteiger partial charge in [0.2, 0.25) is 0 Å². The van der Waals surface area contributed by atoms with Gasteiger partial charge in [-0.1, -0.05) is 71.2 Å². The number of carbonyl (C=O) groups is 1. The minimum Gasteiger partial charge on any atom is -0.460 e. The number of rotatable bonds is 9. The largest absolute Gasteiger partial charge is 0.460 e. The Hall–Kier alpha value is -2.31. The summed E-state index contributed by atoms with van der Waals surface area (Å²) in [7, 11) is 0. The van der Waals surface area contributed by atoms with Crippen molar-refractivity contribution in [1.82, 2.24) is 5.32 Å². The van der Waals surface area contributed by atoms with Crippen LogP contribution in [-0.2, 0) is 21.5 Å². The van der Waals surface area contributed by atoms with Crippen LogP contribution in [0, 0.1) is 11.6 Å². The molecule has 1 aliphatic carbocycles. The fourth-order valence-corrected chi connectivity index (χ4v) is 4.84. The smallest absolute Gasteiger partial charge is 0.303 e. The zero-order valence-corrected chi connectivity index (χ0v) is 21.9. The predicted molar refractivity (Wildman–Crippen MR) is 138 cm³/mol. The highest BCUT2D eigenvalue weighted by molar-refractivity contribution is 5.66. The summed E-state index contributed by atoms with van der Waals surface area (Å²) < 4.78 is 32.8. The minimum absolute atomic E-state index is 0.199. The van der Waals surface area contributed by atoms with Gasteiger partial charge in [0.05, 0.1) is 0 Å². The number of ether oxygens (including phenoxy) is 1. The maximum atomic E-state index is 13.6. The van der Waals surface area contributed by atoms with E-state index in [1.807, 2.05) is 13.8 Å². The highest BCUT2D eigenvalue weighted by atomic mass is 19.1. The van der Waals surface area contributed by atoms with Crippen LogP contribution >= 0.6 is 0 Å². The van der Waals surface area contributed by atoms with Crippen LogP contribution in [0.15, 0.2) is 42.5 Å². The SMILES string of the molecule is CC.CC(=O)O[C@H](CNC1(c2cccc(C(C)C)c2)CCCCC1)C(N)Cc1cc(F)cc(F)c1. The third-order valence-corrected chi connectivity index (χ3v) is 6.64. The van der Waals surface area contributed by atoms with Crippen LogP contribution in [0.5, 0.6) is 0 Å². The lowest BCUT2D eigenvalue weighted by atomic mass is 9.75. The molecule has 1 saturated carbocycles. The van der Waals surface area contributed by atoms with Crippen molar-refractivity contribution in [3.8, 4) is 0 Å². The molecule has 0 amide bonds. The van der Waals surface area contributed by atoms with Gasteiger partial charge in [-0.15, -0.1) is 0 Å². The molecule has 1 fully saturated rings. The fourth-order valence-electron chi connectivity index (χ4n) is 4.84. The van der Waals surface area contributed by atoms with Crippen LogP contribution in [0.4, 0.5) is 8.78 Å². The molecule has 35 heavy (non-hydrogen) atoms. The maximum Gasteiger partial charge on any atom is 0.303 e. The van der Waals surface area contributed by atoms with Crippen molar-refractivity contribution in [3.05, 3.63) is 70.8 Å². The molecule has 4 nitrogen and oxygen atoms in total. The van der Waals surface area contributed by atoms with E-state index in [2.05, 4.69) is 43.4 Å². The molecule has 6 heteroatoms. The molecule has 0 aromatic heterocycles. The summed E-state index contributed by atoms with van der Waals surface area (Å²) in [5.41, 5.74) is 9.16. The number of hydrogen-bond acceptors (Lipinski definition) is 4. The number of halogens is 2. The normalized spacial score (nSPS) is 16.7. The molecule has 0 radical (unpaired) electrons. The first-order valence-electron chi connectivity index (χ1n) is 12.9. The lowest BCUT2D eigenvalue weighted by molar-refractivity contribution is -0.147. The summed E-state index contributed by atoms with van der Waals surface area (Å²) >= 11 is 0. The van der Waals surface area contributed by atoms with Gasteiger partial charge in [-0.2, -0.15) is 0 Å². The van der Waals surface area contributed by atoms with Crippen LogP contribution in [0.2, 0.25) is 0 Å². The second kappa shape index (κ2) is 13.7. The topological polar surface area (TPSA) is 64.3 Å². The first kappa shape index (κ1) is 28.9. The molecule has 2 aromatic carbocycles. The van der Waals surface area contributed by atoms with Crippen molar-refractivity contribution in [3.63, 3.8) is 0 Å². The summed E-state index contributed by atoms with van der Waals surface area (Å²) in [5, 5.41) is 3.71. The van der Waals surface area contributed by atoms with Gasteiger partial charge < -0.3 is 15.8 Å². The van der Waals surface area contributed by atoms with Crippen LogP contribution in [0.1, 0.15) is 89.3 Å². The van der Waals surface area contributed by atoms with Gasteiger partial charge in [-0.3, -0.25) is 4.79 Å². The van der Waals surface area contributed by atoms with Crippen molar-refractivity contribution in [2.24, 2.45) is 5.73 Å². The Morgan fingerprint density at radius 2 is 1.69 bits per heavy atom. The molecular weight excluding hydrogens is 446 g/mol. The third kappa shape index (κ3) is 8.39. The van der Waals surface area contributed by atoms with E-state index < -0.39 is 29.7 Å². The first-order chi connectivity index (χ1) is 16.7. The average Bonchev–Trinajstić information content (AvgIpc) is 2.82. The van der Waals surface area contributed by atoms with Gasteiger partial charge in [0, 0.05) is 31.1 Å². The van der Waals surface area contributed by atoms with Gasteiger partial charge in [0.25, 0.3) is 0 Å². The number of hydrogen-bond donors (Lipinski definition) is 2. The van der Waals surface area contributed by atoms with E-state index in [9.17, 15) is 13.6 Å². The van der Waals surface area contributed by atoms with Gasteiger partial charge in [0.1, 0.15) is 17.7 Å². The molecule has 2 atom stereocenters. The molecule has 1 aliphatic rings. The van der Waals surface area contributed by atoms with Crippen LogP contribution < -0.4 is 11.1 Å². The Labute approximate surface area is 209 Å². The average molecular weight is 489 g/mol. The summed E-state index contributed by atoms with van der Waals surface area (Å²) in [6.07, 6.45) is 4.99. The van der Waals surface area contributed by atoms with E-state index in [1.54, 1.807) is 0 Å². The quantitative estimate of drug-likeness (QED) is 0.403. The van der Waals surface area contributed by atoms with Crippen LogP contribution in [0.25, 0.3) is 0 Å². The van der Waals surface area contributed by atoms with Gasteiger partial charge in [-0.25, -0.2) is 8.78 Å². The zero-order chi connectivity index (χ0) is 26.0. The number of benzene rings is 2. The van der Waals surface area contributed by atoms with E-state index in [0.717, 1.165) is 31.7 Å². The highest BCUT2D eigenvalue weighted by Crippen LogP contribution is 2.38. The van der Waals surface area contributed by atoms with Crippen molar-refractivity contribution < 1.29 is 18.3 Å². The summed E-state index contributed by atoms with van der Waals surface area (Å²) in [6, 6.07) is 11.5. The lowest BCUT2D eigenvalue weighted by Crippen LogP contribution is -2.52. The van der Waals surface area contributed by atoms with E-state index in [-0.39, 0.29) is 12.0 Å². The highest BCUT2D eigenvalue weighted by Gasteiger charge is 2.35. The molecular formula is C29H42F2N2O2. The number of nitrogens with two attached hydrogens (primary N) is 1. The standard InChI is InChI=1S/C27H36F2N2O2.C2H6/c1-18(2)21-8-7-9-22(15-21)27(10-5-4-6-11-27)31-17-26(33-19(3)32)25(30)14-20-12-23(28)16-24(29)13-20;1-2/h7-9,12-13,15-16,18,25-26,31H,4-6,10-11,14,17,30H2,1-3H3;1-2H3/t25?,26-;/m1./s1. The zero-order valence-electron chi connectivity index (χ0n) is 21.9. The molecule has 3 rings (SSSR count). The molecule has 0 heterocycles. The van der Waals surface area contributed by atoms with E-state index in [0.29, 0.717) is 18.0 Å². The van der Waals surface area contributed by atoms with Crippen molar-refractivity contribution in [2.45, 2.75) is 96.7 Å². The Kier molecular flexibility index (Phi) is 11.3. The molecule has 194 valence electrons. The molecule has 0 aliphatic heterocycles. The molecule has 0 saturated heterocycles. The molecule has 3 N–H and O–H groups in total. The Morgan fingerprint density at radius 3 is 2.26 bits per heavy atom. The van der Waals surface area contributed by atoms with Crippen LogP contribution in [0.3, 0.4) is 0 Å². The second-order valence-corrected chi connectivity index (χ2v) is 9.60. The Balaban J connectivity index is 0.00000210. The van der Waals surface area contributed by atoms with E-state index >= 15 is 0 Å². The number of esters is 1. The summed E-state index contributed by atoms with van der Waals surface area (Å²) in [5.74, 6) is -1.29. The van der Waals surface area contributed by atoms with E-state index in [4.69, 9.17) is 10.5 Å². The molecule has 1 unspecified atom stereocenters. The summed E-state index contributed by atoms with van der Waals surface area (Å²) in [6.45, 7) is 10.1. The Morgan fingerprint density at radius 1 is 1.06 bits per heavy atom. The fraction of sp³-hybridized carbons (Fsp3) is 0.552. The first-order valence-corrected chi connectivity index (χ1v) is 12.9. The van der Waals surface area contributed by atoms with Crippen LogP contribution in [-0.4, -0.2) is 24.7 Å². The second-order valence-electron chi connectivity index (χ2n) is 9.60. The van der Waals surface area contributed by atoms with Gasteiger partial charge in [-0.05, 0) is 54.0 Å². The minimum atomic E-state index is -0.648. The van der Waals surface area contributed by atoms with Gasteiger partial charge in [0.15, 0.2) is 0 Å². The summed E-state index contributed by atoms with van der Waals surface area (Å²) in [4.78, 5) is 11.8. The maximum absolute atomic E-state index is 13.6. The molecule has 0 spiro atoms. The number of nitrogens with one attached hydrogen (secondary N) is 1. The van der Waals surface area contributed by atoms with Crippen molar-refractivity contribution in [2.75, 3.05) is 6.54 Å². The lowest BCUT2D eigenvalue weighted by Gasteiger charge is -2.41. The van der Waals surface area contributed by atoms with E-state index in [1.165, 1.54) is 36.6 Å². The van der Waals surface area contributed by atoms with Gasteiger partial charge >= 0.3 is 5.97 Å². The predicted octanol–water partition coefficient (Wildman–Crippen LogP) is 6.37.